The Morgan fingerprint density at radius 1 is 1.10 bits per heavy atom. The Morgan fingerprint density at radius 2 is 1.65 bits per heavy atom. The molecule has 0 aromatic rings. The highest BCUT2D eigenvalue weighted by molar-refractivity contribution is 7.89. The number of hydrogen-bond acceptors (Lipinski definition) is 6. The van der Waals surface area contributed by atoms with E-state index in [1.165, 1.54) is 4.31 Å². The molecule has 0 saturated carbocycles. The standard InChI is InChI=1S/C10H22N4O5S/c11-3-6-14(7-4-12)20(18,19)8-5-13-9(15)1-2-10(16)17/h1-8,11-12H2,(H,13,15)(H,16,17). The fraction of sp³-hybridized carbons (Fsp3) is 0.800. The zero-order valence-corrected chi connectivity index (χ0v) is 12.1. The van der Waals surface area contributed by atoms with Crippen molar-refractivity contribution in [3.63, 3.8) is 0 Å². The average Bonchev–Trinajstić information content (AvgIpc) is 2.36. The van der Waals surface area contributed by atoms with Gasteiger partial charge in [-0.1, -0.05) is 0 Å². The minimum absolute atomic E-state index is 0.0770. The molecule has 10 heteroatoms. The summed E-state index contributed by atoms with van der Waals surface area (Å²) >= 11 is 0. The van der Waals surface area contributed by atoms with E-state index in [0.717, 1.165) is 0 Å². The minimum Gasteiger partial charge on any atom is -0.481 e. The molecule has 0 aromatic carbocycles. The van der Waals surface area contributed by atoms with Gasteiger partial charge < -0.3 is 21.9 Å². The summed E-state index contributed by atoms with van der Waals surface area (Å²) in [7, 11) is -3.53. The second-order valence-corrected chi connectivity index (χ2v) is 6.12. The number of carboxylic acids is 1. The summed E-state index contributed by atoms with van der Waals surface area (Å²) < 4.78 is 25.0. The molecule has 0 fully saturated rings. The highest BCUT2D eigenvalue weighted by Gasteiger charge is 2.20. The number of sulfonamides is 1. The van der Waals surface area contributed by atoms with Crippen LogP contribution in [0.15, 0.2) is 0 Å². The zero-order chi connectivity index (χ0) is 15.6. The molecule has 0 heterocycles. The Hall–Kier alpha value is -1.23. The van der Waals surface area contributed by atoms with E-state index in [0.29, 0.717) is 0 Å². The van der Waals surface area contributed by atoms with Gasteiger partial charge in [0.2, 0.25) is 15.9 Å². The highest BCUT2D eigenvalue weighted by Crippen LogP contribution is 1.99. The van der Waals surface area contributed by atoms with E-state index < -0.39 is 21.9 Å². The quantitative estimate of drug-likeness (QED) is 0.329. The number of nitrogens with one attached hydrogen (secondary N) is 1. The maximum atomic E-state index is 11.9. The number of nitrogens with zero attached hydrogens (tertiary/aromatic N) is 1. The summed E-state index contributed by atoms with van der Waals surface area (Å²) in [4.78, 5) is 21.5. The first-order chi connectivity index (χ1) is 9.33. The van der Waals surface area contributed by atoms with Crippen LogP contribution in [-0.2, 0) is 19.6 Å². The van der Waals surface area contributed by atoms with Gasteiger partial charge in [0.25, 0.3) is 0 Å². The Balaban J connectivity index is 4.20. The lowest BCUT2D eigenvalue weighted by Crippen LogP contribution is -2.42. The molecule has 0 atom stereocenters. The smallest absolute Gasteiger partial charge is 0.303 e. The predicted molar refractivity (Wildman–Crippen MR) is 73.3 cm³/mol. The molecule has 1 amide bonds. The van der Waals surface area contributed by atoms with Gasteiger partial charge in [0.1, 0.15) is 0 Å². The SMILES string of the molecule is NCCN(CCN)S(=O)(=O)CCNC(=O)CCC(=O)O. The van der Waals surface area contributed by atoms with Crippen LogP contribution in [0.5, 0.6) is 0 Å². The molecule has 0 aliphatic rings. The van der Waals surface area contributed by atoms with Crippen LogP contribution in [-0.4, -0.2) is 68.2 Å². The van der Waals surface area contributed by atoms with E-state index in [9.17, 15) is 18.0 Å². The zero-order valence-electron chi connectivity index (χ0n) is 11.2. The lowest BCUT2D eigenvalue weighted by atomic mass is 10.3. The van der Waals surface area contributed by atoms with Crippen molar-refractivity contribution in [3.05, 3.63) is 0 Å². The van der Waals surface area contributed by atoms with Gasteiger partial charge in [-0.2, -0.15) is 4.31 Å². The van der Waals surface area contributed by atoms with Gasteiger partial charge >= 0.3 is 5.97 Å². The Morgan fingerprint density at radius 3 is 2.10 bits per heavy atom. The minimum atomic E-state index is -3.53. The number of nitrogens with two attached hydrogens (primary N) is 2. The molecule has 0 bridgehead atoms. The third kappa shape index (κ3) is 8.04. The summed E-state index contributed by atoms with van der Waals surface area (Å²) in [5.74, 6) is -1.84. The summed E-state index contributed by atoms with van der Waals surface area (Å²) in [5.41, 5.74) is 10.7. The molecule has 0 saturated heterocycles. The molecule has 0 aliphatic carbocycles. The van der Waals surface area contributed by atoms with Gasteiger partial charge in [0, 0.05) is 39.1 Å². The molecule has 9 nitrogen and oxygen atoms in total. The maximum Gasteiger partial charge on any atom is 0.303 e. The van der Waals surface area contributed by atoms with Crippen LogP contribution in [0.4, 0.5) is 0 Å². The lowest BCUT2D eigenvalue weighted by Gasteiger charge is -2.20. The number of aliphatic carboxylic acids is 1. The topological polar surface area (TPSA) is 156 Å². The van der Waals surface area contributed by atoms with Crippen molar-refractivity contribution < 1.29 is 23.1 Å². The van der Waals surface area contributed by atoms with Gasteiger partial charge in [-0.15, -0.1) is 0 Å². The fourth-order valence-electron chi connectivity index (χ4n) is 1.44. The van der Waals surface area contributed by atoms with Gasteiger partial charge in [-0.25, -0.2) is 8.42 Å². The molecule has 0 spiro atoms. The van der Waals surface area contributed by atoms with Crippen LogP contribution in [0.2, 0.25) is 0 Å². The predicted octanol–water partition coefficient (Wildman–Crippen LogP) is -2.48. The first-order valence-corrected chi connectivity index (χ1v) is 7.81. The van der Waals surface area contributed by atoms with E-state index in [2.05, 4.69) is 5.32 Å². The third-order valence-corrected chi connectivity index (χ3v) is 4.27. The first kappa shape index (κ1) is 18.8. The molecule has 0 radical (unpaired) electrons. The Bertz CT molecular complexity index is 406. The lowest BCUT2D eigenvalue weighted by molar-refractivity contribution is -0.138. The van der Waals surface area contributed by atoms with Crippen molar-refractivity contribution in [1.82, 2.24) is 9.62 Å². The van der Waals surface area contributed by atoms with Crippen LogP contribution < -0.4 is 16.8 Å². The van der Waals surface area contributed by atoms with E-state index >= 15 is 0 Å². The maximum absolute atomic E-state index is 11.9. The normalized spacial score (nSPS) is 11.6. The molecule has 0 rings (SSSR count). The number of rotatable bonds is 11. The number of amides is 1. The van der Waals surface area contributed by atoms with Crippen LogP contribution in [0.25, 0.3) is 0 Å². The van der Waals surface area contributed by atoms with E-state index in [4.69, 9.17) is 16.6 Å². The van der Waals surface area contributed by atoms with Crippen molar-refractivity contribution in [3.8, 4) is 0 Å². The molecule has 0 aromatic heterocycles. The number of hydrogen-bond donors (Lipinski definition) is 4. The molecular formula is C10H22N4O5S. The fourth-order valence-corrected chi connectivity index (χ4v) is 2.82. The second-order valence-electron chi connectivity index (χ2n) is 4.04. The van der Waals surface area contributed by atoms with Crippen LogP contribution in [0.1, 0.15) is 12.8 Å². The summed E-state index contributed by atoms with van der Waals surface area (Å²) in [6.07, 6.45) is -0.463. The second kappa shape index (κ2) is 9.64. The largest absolute Gasteiger partial charge is 0.481 e. The van der Waals surface area contributed by atoms with Crippen molar-refractivity contribution in [2.45, 2.75) is 12.8 Å². The molecular weight excluding hydrogens is 288 g/mol. The van der Waals surface area contributed by atoms with Crippen molar-refractivity contribution in [1.29, 1.82) is 0 Å². The molecule has 0 aliphatic heterocycles. The average molecular weight is 310 g/mol. The molecule has 0 unspecified atom stereocenters. The Kier molecular flexibility index (Phi) is 9.05. The number of carbonyl (C=O) groups excluding carboxylic acids is 1. The van der Waals surface area contributed by atoms with E-state index in [1.54, 1.807) is 0 Å². The molecule has 118 valence electrons. The summed E-state index contributed by atoms with van der Waals surface area (Å²) in [6, 6.07) is 0. The first-order valence-electron chi connectivity index (χ1n) is 6.20. The highest BCUT2D eigenvalue weighted by atomic mass is 32.2. The van der Waals surface area contributed by atoms with E-state index in [1.807, 2.05) is 0 Å². The van der Waals surface area contributed by atoms with Crippen LogP contribution in [0.3, 0.4) is 0 Å². The molecule has 6 N–H and O–H groups in total. The summed E-state index contributed by atoms with van der Waals surface area (Å²) in [5, 5.41) is 10.8. The van der Waals surface area contributed by atoms with Gasteiger partial charge in [0.05, 0.1) is 12.2 Å². The summed E-state index contributed by atoms with van der Waals surface area (Å²) in [6.45, 7) is 0.639. The van der Waals surface area contributed by atoms with Crippen molar-refractivity contribution in [2.75, 3.05) is 38.5 Å². The Labute approximate surface area is 118 Å². The van der Waals surface area contributed by atoms with Crippen molar-refractivity contribution >= 4 is 21.9 Å². The van der Waals surface area contributed by atoms with Gasteiger partial charge in [-0.05, 0) is 0 Å². The van der Waals surface area contributed by atoms with Crippen LogP contribution >= 0.6 is 0 Å². The third-order valence-electron chi connectivity index (χ3n) is 2.40. The number of carboxylic acid groups (broad SMARTS) is 1. The molecule has 20 heavy (non-hydrogen) atoms. The van der Waals surface area contributed by atoms with E-state index in [-0.39, 0.29) is 51.3 Å². The van der Waals surface area contributed by atoms with Gasteiger partial charge in [0.15, 0.2) is 0 Å². The monoisotopic (exact) mass is 310 g/mol. The van der Waals surface area contributed by atoms with Crippen LogP contribution in [0, 0.1) is 0 Å². The van der Waals surface area contributed by atoms with Gasteiger partial charge in [-0.3, -0.25) is 9.59 Å². The van der Waals surface area contributed by atoms with Crippen molar-refractivity contribution in [2.24, 2.45) is 11.5 Å². The number of carbonyl (C=O) groups is 2.